The van der Waals surface area contributed by atoms with E-state index in [1.165, 1.54) is 12.1 Å². The maximum atomic E-state index is 13.4. The summed E-state index contributed by atoms with van der Waals surface area (Å²) in [6.45, 7) is 8.75. The summed E-state index contributed by atoms with van der Waals surface area (Å²) in [5, 5.41) is 4.74. The lowest BCUT2D eigenvalue weighted by Crippen LogP contribution is -2.49. The number of fused-ring (bicyclic) bond motifs is 1. The molecule has 0 N–H and O–H groups in total. The van der Waals surface area contributed by atoms with Crippen LogP contribution < -0.4 is 0 Å². The molecule has 0 unspecified atom stereocenters. The Balaban J connectivity index is 1.59. The van der Waals surface area contributed by atoms with Crippen LogP contribution in [0.15, 0.2) is 22.7 Å². The third kappa shape index (κ3) is 3.84. The third-order valence-electron chi connectivity index (χ3n) is 3.90. The van der Waals surface area contributed by atoms with Crippen molar-refractivity contribution < 1.29 is 18.4 Å². The van der Waals surface area contributed by atoms with Crippen molar-refractivity contribution in [3.8, 4) is 0 Å². The third-order valence-corrected chi connectivity index (χ3v) is 3.90. The number of hydrogen-bond acceptors (Lipinski definition) is 5. The summed E-state index contributed by atoms with van der Waals surface area (Å²) < 4.78 is 24.0. The molecule has 1 aliphatic heterocycles. The van der Waals surface area contributed by atoms with Crippen molar-refractivity contribution in [2.45, 2.75) is 32.9 Å². The van der Waals surface area contributed by atoms with E-state index >= 15 is 0 Å². The van der Waals surface area contributed by atoms with E-state index < -0.39 is 5.60 Å². The first-order valence-corrected chi connectivity index (χ1v) is 8.06. The zero-order valence-electron chi connectivity index (χ0n) is 14.2. The molecule has 1 aromatic carbocycles. The second kappa shape index (κ2) is 6.39. The number of carbonyl (C=O) groups excluding carboxylic acids is 1. The van der Waals surface area contributed by atoms with Gasteiger partial charge in [0.25, 0.3) is 0 Å². The first kappa shape index (κ1) is 16.7. The number of nitrogens with zero attached hydrogens (tertiary/aromatic N) is 3. The van der Waals surface area contributed by atoms with Gasteiger partial charge < -0.3 is 14.2 Å². The number of piperazine rings is 1. The molecular formula is C17H22FN3O3. The van der Waals surface area contributed by atoms with Gasteiger partial charge in [-0.25, -0.2) is 9.18 Å². The Morgan fingerprint density at radius 3 is 2.67 bits per heavy atom. The van der Waals surface area contributed by atoms with Crippen molar-refractivity contribution in [1.29, 1.82) is 0 Å². The van der Waals surface area contributed by atoms with Gasteiger partial charge in [-0.2, -0.15) is 0 Å². The Labute approximate surface area is 140 Å². The van der Waals surface area contributed by atoms with Crippen LogP contribution >= 0.6 is 0 Å². The molecule has 0 radical (unpaired) electrons. The molecule has 0 spiro atoms. The molecule has 130 valence electrons. The molecule has 1 aliphatic rings. The van der Waals surface area contributed by atoms with Crippen LogP contribution in [0.4, 0.5) is 9.18 Å². The van der Waals surface area contributed by atoms with Crippen LogP contribution in [0.25, 0.3) is 11.0 Å². The highest BCUT2D eigenvalue weighted by molar-refractivity contribution is 5.79. The van der Waals surface area contributed by atoms with Crippen molar-refractivity contribution in [3.63, 3.8) is 0 Å². The molecule has 0 bridgehead atoms. The number of carbonyl (C=O) groups is 1. The molecule has 0 aliphatic carbocycles. The lowest BCUT2D eigenvalue weighted by Gasteiger charge is -2.35. The van der Waals surface area contributed by atoms with E-state index in [-0.39, 0.29) is 11.9 Å². The van der Waals surface area contributed by atoms with Crippen LogP contribution in [-0.4, -0.2) is 52.8 Å². The Hall–Kier alpha value is -2.15. The Kier molecular flexibility index (Phi) is 4.45. The van der Waals surface area contributed by atoms with E-state index in [2.05, 4.69) is 10.1 Å². The van der Waals surface area contributed by atoms with Gasteiger partial charge in [-0.1, -0.05) is 5.16 Å². The fourth-order valence-corrected chi connectivity index (χ4v) is 2.70. The fourth-order valence-electron chi connectivity index (χ4n) is 2.70. The second-order valence-electron chi connectivity index (χ2n) is 7.01. The Morgan fingerprint density at radius 2 is 2.00 bits per heavy atom. The maximum Gasteiger partial charge on any atom is 0.410 e. The van der Waals surface area contributed by atoms with Gasteiger partial charge in [0, 0.05) is 38.1 Å². The molecule has 2 heterocycles. The topological polar surface area (TPSA) is 58.8 Å². The van der Waals surface area contributed by atoms with Gasteiger partial charge in [0.2, 0.25) is 0 Å². The summed E-state index contributed by atoms with van der Waals surface area (Å²) in [5.74, 6) is -0.304. The number of halogens is 1. The van der Waals surface area contributed by atoms with Gasteiger partial charge in [0.05, 0.1) is 0 Å². The molecule has 7 heteroatoms. The average Bonchev–Trinajstić information content (AvgIpc) is 2.88. The predicted molar refractivity (Wildman–Crippen MR) is 87.1 cm³/mol. The Morgan fingerprint density at radius 1 is 1.29 bits per heavy atom. The minimum absolute atomic E-state index is 0.281. The molecule has 2 aromatic rings. The molecule has 24 heavy (non-hydrogen) atoms. The fraction of sp³-hybridized carbons (Fsp3) is 0.529. The van der Waals surface area contributed by atoms with E-state index in [1.54, 1.807) is 11.0 Å². The highest BCUT2D eigenvalue weighted by Gasteiger charge is 2.26. The van der Waals surface area contributed by atoms with Crippen LogP contribution in [0.2, 0.25) is 0 Å². The molecule has 6 nitrogen and oxygen atoms in total. The first-order chi connectivity index (χ1) is 11.3. The monoisotopic (exact) mass is 335 g/mol. The standard InChI is InChI=1S/C17H22FN3O3/c1-17(2,3)23-16(22)21-8-6-20(7-9-21)11-14-13-10-12(18)4-5-15(13)24-19-14/h4-5,10H,6-9,11H2,1-3H3. The quantitative estimate of drug-likeness (QED) is 0.844. The van der Waals surface area contributed by atoms with Crippen molar-refractivity contribution in [1.82, 2.24) is 15.0 Å². The van der Waals surface area contributed by atoms with Crippen LogP contribution in [0.5, 0.6) is 0 Å². The number of aromatic nitrogens is 1. The molecule has 1 fully saturated rings. The predicted octanol–water partition coefficient (Wildman–Crippen LogP) is 3.02. The van der Waals surface area contributed by atoms with Crippen molar-refractivity contribution in [2.24, 2.45) is 0 Å². The van der Waals surface area contributed by atoms with E-state index in [4.69, 9.17) is 9.26 Å². The summed E-state index contributed by atoms with van der Waals surface area (Å²) in [5.41, 5.74) is 0.812. The van der Waals surface area contributed by atoms with Crippen LogP contribution in [0.1, 0.15) is 26.5 Å². The van der Waals surface area contributed by atoms with Gasteiger partial charge in [-0.3, -0.25) is 4.90 Å². The molecular weight excluding hydrogens is 313 g/mol. The van der Waals surface area contributed by atoms with Gasteiger partial charge >= 0.3 is 6.09 Å². The highest BCUT2D eigenvalue weighted by atomic mass is 19.1. The number of benzene rings is 1. The van der Waals surface area contributed by atoms with Gasteiger partial charge in [0.1, 0.15) is 17.1 Å². The number of rotatable bonds is 2. The minimum atomic E-state index is -0.488. The van der Waals surface area contributed by atoms with Gasteiger partial charge in [0.15, 0.2) is 5.58 Å². The molecule has 1 amide bonds. The lowest BCUT2D eigenvalue weighted by molar-refractivity contribution is 0.0137. The normalized spacial score (nSPS) is 16.6. The number of hydrogen-bond donors (Lipinski definition) is 0. The van der Waals surface area contributed by atoms with Crippen molar-refractivity contribution in [3.05, 3.63) is 29.7 Å². The highest BCUT2D eigenvalue weighted by Crippen LogP contribution is 2.21. The SMILES string of the molecule is CC(C)(C)OC(=O)N1CCN(Cc2noc3ccc(F)cc23)CC1. The van der Waals surface area contributed by atoms with Crippen molar-refractivity contribution in [2.75, 3.05) is 26.2 Å². The number of ether oxygens (including phenoxy) is 1. The van der Waals surface area contributed by atoms with E-state index in [9.17, 15) is 9.18 Å². The van der Waals surface area contributed by atoms with Crippen LogP contribution in [0, 0.1) is 5.82 Å². The maximum absolute atomic E-state index is 13.4. The van der Waals surface area contributed by atoms with Gasteiger partial charge in [-0.05, 0) is 39.0 Å². The molecule has 0 atom stereocenters. The van der Waals surface area contributed by atoms with Crippen molar-refractivity contribution >= 4 is 17.1 Å². The largest absolute Gasteiger partial charge is 0.444 e. The smallest absolute Gasteiger partial charge is 0.410 e. The average molecular weight is 335 g/mol. The first-order valence-electron chi connectivity index (χ1n) is 8.06. The van der Waals surface area contributed by atoms with E-state index in [0.717, 1.165) is 5.69 Å². The summed E-state index contributed by atoms with van der Waals surface area (Å²) in [6.07, 6.45) is -0.281. The summed E-state index contributed by atoms with van der Waals surface area (Å²) in [4.78, 5) is 15.9. The summed E-state index contributed by atoms with van der Waals surface area (Å²) >= 11 is 0. The zero-order valence-corrected chi connectivity index (χ0v) is 14.2. The summed E-state index contributed by atoms with van der Waals surface area (Å²) in [7, 11) is 0. The van der Waals surface area contributed by atoms with Gasteiger partial charge in [-0.15, -0.1) is 0 Å². The second-order valence-corrected chi connectivity index (χ2v) is 7.01. The molecule has 1 saturated heterocycles. The summed E-state index contributed by atoms with van der Waals surface area (Å²) in [6, 6.07) is 4.39. The zero-order chi connectivity index (χ0) is 17.3. The number of amides is 1. The van der Waals surface area contributed by atoms with E-state index in [0.29, 0.717) is 43.7 Å². The molecule has 0 saturated carbocycles. The molecule has 1 aromatic heterocycles. The molecule has 3 rings (SSSR count). The van der Waals surface area contributed by atoms with Crippen LogP contribution in [0.3, 0.4) is 0 Å². The van der Waals surface area contributed by atoms with Crippen LogP contribution in [-0.2, 0) is 11.3 Å². The minimum Gasteiger partial charge on any atom is -0.444 e. The lowest BCUT2D eigenvalue weighted by atomic mass is 10.2. The Bertz CT molecular complexity index is 730. The van der Waals surface area contributed by atoms with E-state index in [1.807, 2.05) is 20.8 Å².